The minimum absolute atomic E-state index is 0.175. The van der Waals surface area contributed by atoms with Gasteiger partial charge in [0.15, 0.2) is 0 Å². The molecule has 2 N–H and O–H groups in total. The Morgan fingerprint density at radius 2 is 2.00 bits per heavy atom. The summed E-state index contributed by atoms with van der Waals surface area (Å²) in [7, 11) is 0. The van der Waals surface area contributed by atoms with E-state index in [0.717, 1.165) is 26.1 Å². The summed E-state index contributed by atoms with van der Waals surface area (Å²) in [5, 5.41) is 0.651. The van der Waals surface area contributed by atoms with Gasteiger partial charge in [-0.1, -0.05) is 41.9 Å². The van der Waals surface area contributed by atoms with E-state index in [1.165, 1.54) is 5.56 Å². The van der Waals surface area contributed by atoms with E-state index in [-0.39, 0.29) is 6.10 Å². The Balaban J connectivity index is 1.58. The number of nitrogens with zero attached hydrogens (tertiary/aromatic N) is 1. The second-order valence-corrected chi connectivity index (χ2v) is 5.87. The largest absolute Gasteiger partial charge is 0.487 e. The van der Waals surface area contributed by atoms with Crippen LogP contribution in [-0.2, 0) is 6.54 Å². The van der Waals surface area contributed by atoms with E-state index in [4.69, 9.17) is 22.1 Å². The minimum atomic E-state index is 0.175. The molecule has 1 heterocycles. The van der Waals surface area contributed by atoms with Gasteiger partial charge in [-0.2, -0.15) is 0 Å². The molecule has 1 aliphatic rings. The fourth-order valence-electron chi connectivity index (χ4n) is 2.67. The lowest BCUT2D eigenvalue weighted by atomic mass is 10.2. The molecule has 1 aliphatic heterocycles. The molecule has 0 saturated carbocycles. The smallest absolute Gasteiger partial charge is 0.144 e. The van der Waals surface area contributed by atoms with Crippen molar-refractivity contribution in [2.75, 3.05) is 18.8 Å². The van der Waals surface area contributed by atoms with Gasteiger partial charge in [-0.3, -0.25) is 4.90 Å². The van der Waals surface area contributed by atoms with Gasteiger partial charge >= 0.3 is 0 Å². The molecule has 21 heavy (non-hydrogen) atoms. The molecule has 1 atom stereocenters. The molecule has 2 aromatic rings. The minimum Gasteiger partial charge on any atom is -0.487 e. The van der Waals surface area contributed by atoms with Crippen molar-refractivity contribution in [3.63, 3.8) is 0 Å². The van der Waals surface area contributed by atoms with Crippen LogP contribution in [0.3, 0.4) is 0 Å². The fraction of sp³-hybridized carbons (Fsp3) is 0.294. The summed E-state index contributed by atoms with van der Waals surface area (Å²) in [4.78, 5) is 2.40. The molecular weight excluding hydrogens is 284 g/mol. The Kier molecular flexibility index (Phi) is 4.32. The van der Waals surface area contributed by atoms with Gasteiger partial charge in [0.2, 0.25) is 0 Å². The average Bonchev–Trinajstić information content (AvgIpc) is 2.91. The maximum absolute atomic E-state index is 6.00. The lowest BCUT2D eigenvalue weighted by Crippen LogP contribution is -2.24. The Bertz CT molecular complexity index is 603. The van der Waals surface area contributed by atoms with Crippen molar-refractivity contribution in [1.82, 2.24) is 4.90 Å². The van der Waals surface area contributed by atoms with Crippen molar-refractivity contribution < 1.29 is 4.74 Å². The predicted octanol–water partition coefficient (Wildman–Crippen LogP) is 3.58. The maximum Gasteiger partial charge on any atom is 0.144 e. The van der Waals surface area contributed by atoms with Gasteiger partial charge in [0.1, 0.15) is 11.9 Å². The van der Waals surface area contributed by atoms with Crippen LogP contribution in [0.15, 0.2) is 48.5 Å². The molecule has 0 amide bonds. The van der Waals surface area contributed by atoms with Crippen molar-refractivity contribution in [1.29, 1.82) is 0 Å². The Morgan fingerprint density at radius 1 is 1.19 bits per heavy atom. The zero-order valence-electron chi connectivity index (χ0n) is 11.8. The van der Waals surface area contributed by atoms with E-state index < -0.39 is 0 Å². The molecule has 3 nitrogen and oxygen atoms in total. The topological polar surface area (TPSA) is 38.5 Å². The SMILES string of the molecule is Nc1ccc(Cl)cc1OC1CCN(Cc2ccccc2)C1. The third-order valence-corrected chi connectivity index (χ3v) is 3.98. The summed E-state index contributed by atoms with van der Waals surface area (Å²) < 4.78 is 6.00. The highest BCUT2D eigenvalue weighted by molar-refractivity contribution is 6.30. The van der Waals surface area contributed by atoms with E-state index in [2.05, 4.69) is 29.2 Å². The zero-order valence-corrected chi connectivity index (χ0v) is 12.6. The van der Waals surface area contributed by atoms with E-state index >= 15 is 0 Å². The van der Waals surface area contributed by atoms with Crippen molar-refractivity contribution in [2.24, 2.45) is 0 Å². The number of ether oxygens (including phenoxy) is 1. The first-order valence-corrected chi connectivity index (χ1v) is 7.56. The first-order valence-electron chi connectivity index (χ1n) is 7.18. The lowest BCUT2D eigenvalue weighted by molar-refractivity contribution is 0.199. The van der Waals surface area contributed by atoms with E-state index in [9.17, 15) is 0 Å². The van der Waals surface area contributed by atoms with E-state index in [1.54, 1.807) is 18.2 Å². The molecule has 1 saturated heterocycles. The van der Waals surface area contributed by atoms with Crippen LogP contribution in [0.25, 0.3) is 0 Å². The predicted molar refractivity (Wildman–Crippen MR) is 86.6 cm³/mol. The number of nitrogens with two attached hydrogens (primary N) is 1. The molecule has 0 bridgehead atoms. The van der Waals surface area contributed by atoms with Crippen LogP contribution in [-0.4, -0.2) is 24.1 Å². The van der Waals surface area contributed by atoms with Crippen LogP contribution in [0, 0.1) is 0 Å². The highest BCUT2D eigenvalue weighted by Crippen LogP contribution is 2.28. The maximum atomic E-state index is 6.00. The Labute approximate surface area is 130 Å². The third kappa shape index (κ3) is 3.69. The summed E-state index contributed by atoms with van der Waals surface area (Å²) >= 11 is 5.99. The monoisotopic (exact) mass is 302 g/mol. The Hall–Kier alpha value is -1.71. The van der Waals surface area contributed by atoms with Gasteiger partial charge in [0, 0.05) is 30.7 Å². The van der Waals surface area contributed by atoms with Crippen LogP contribution in [0.2, 0.25) is 5.02 Å². The second kappa shape index (κ2) is 6.37. The molecule has 2 aromatic carbocycles. The number of likely N-dealkylation sites (tertiary alicyclic amines) is 1. The molecule has 1 unspecified atom stereocenters. The number of benzene rings is 2. The number of rotatable bonds is 4. The molecule has 3 rings (SSSR count). The lowest BCUT2D eigenvalue weighted by Gasteiger charge is -2.18. The zero-order chi connectivity index (χ0) is 14.7. The standard InChI is InChI=1S/C17H19ClN2O/c18-14-6-7-16(19)17(10-14)21-15-8-9-20(12-15)11-13-4-2-1-3-5-13/h1-7,10,15H,8-9,11-12,19H2. The fourth-order valence-corrected chi connectivity index (χ4v) is 2.83. The average molecular weight is 303 g/mol. The van der Waals surface area contributed by atoms with Crippen LogP contribution in [0.5, 0.6) is 5.75 Å². The Morgan fingerprint density at radius 3 is 2.81 bits per heavy atom. The summed E-state index contributed by atoms with van der Waals surface area (Å²) in [6, 6.07) is 15.9. The first kappa shape index (κ1) is 14.2. The van der Waals surface area contributed by atoms with E-state index in [1.807, 2.05) is 6.07 Å². The molecule has 110 valence electrons. The highest BCUT2D eigenvalue weighted by Gasteiger charge is 2.24. The van der Waals surface area contributed by atoms with Gasteiger partial charge in [0.05, 0.1) is 5.69 Å². The number of anilines is 1. The van der Waals surface area contributed by atoms with E-state index in [0.29, 0.717) is 16.5 Å². The molecular formula is C17H19ClN2O. The number of halogens is 1. The van der Waals surface area contributed by atoms with Gasteiger partial charge in [-0.25, -0.2) is 0 Å². The van der Waals surface area contributed by atoms with Gasteiger partial charge in [0.25, 0.3) is 0 Å². The summed E-state index contributed by atoms with van der Waals surface area (Å²) in [5.41, 5.74) is 7.90. The van der Waals surface area contributed by atoms with Gasteiger partial charge in [-0.15, -0.1) is 0 Å². The quantitative estimate of drug-likeness (QED) is 0.877. The van der Waals surface area contributed by atoms with Gasteiger partial charge in [-0.05, 0) is 24.1 Å². The molecule has 0 spiro atoms. The molecule has 0 aromatic heterocycles. The van der Waals surface area contributed by atoms with Crippen molar-refractivity contribution >= 4 is 17.3 Å². The second-order valence-electron chi connectivity index (χ2n) is 5.43. The van der Waals surface area contributed by atoms with Gasteiger partial charge < -0.3 is 10.5 Å². The number of hydrogen-bond acceptors (Lipinski definition) is 3. The summed E-state index contributed by atoms with van der Waals surface area (Å²) in [5.74, 6) is 0.689. The molecule has 1 fully saturated rings. The van der Waals surface area contributed by atoms with Crippen LogP contribution in [0.1, 0.15) is 12.0 Å². The van der Waals surface area contributed by atoms with Crippen LogP contribution < -0.4 is 10.5 Å². The molecule has 0 aliphatic carbocycles. The molecule has 4 heteroatoms. The number of hydrogen-bond donors (Lipinski definition) is 1. The normalized spacial score (nSPS) is 18.8. The van der Waals surface area contributed by atoms with Crippen molar-refractivity contribution in [2.45, 2.75) is 19.1 Å². The summed E-state index contributed by atoms with van der Waals surface area (Å²) in [6.45, 7) is 2.92. The first-order chi connectivity index (χ1) is 10.2. The summed E-state index contributed by atoms with van der Waals surface area (Å²) in [6.07, 6.45) is 1.19. The van der Waals surface area contributed by atoms with Crippen molar-refractivity contribution in [3.05, 3.63) is 59.1 Å². The third-order valence-electron chi connectivity index (χ3n) is 3.75. The van der Waals surface area contributed by atoms with Crippen molar-refractivity contribution in [3.8, 4) is 5.75 Å². The van der Waals surface area contributed by atoms with Crippen LogP contribution >= 0.6 is 11.6 Å². The van der Waals surface area contributed by atoms with Crippen LogP contribution in [0.4, 0.5) is 5.69 Å². The highest BCUT2D eigenvalue weighted by atomic mass is 35.5. The molecule has 0 radical (unpaired) electrons. The number of nitrogen functional groups attached to an aromatic ring is 1.